The highest BCUT2D eigenvalue weighted by molar-refractivity contribution is 5.34. The Bertz CT molecular complexity index is 489. The molecular weight excluding hydrogens is 224 g/mol. The van der Waals surface area contributed by atoms with Crippen molar-refractivity contribution in [2.75, 3.05) is 13.1 Å². The van der Waals surface area contributed by atoms with Gasteiger partial charge in [0.2, 0.25) is 0 Å². The molecule has 18 heavy (non-hydrogen) atoms. The molecule has 2 N–H and O–H groups in total. The Hall–Kier alpha value is -1.65. The van der Waals surface area contributed by atoms with Crippen LogP contribution in [-0.2, 0) is 6.54 Å². The molecule has 0 saturated carbocycles. The zero-order valence-electron chi connectivity index (χ0n) is 10.4. The summed E-state index contributed by atoms with van der Waals surface area (Å²) < 4.78 is 2.01. The van der Waals surface area contributed by atoms with Gasteiger partial charge in [-0.2, -0.15) is 0 Å². The van der Waals surface area contributed by atoms with Gasteiger partial charge in [0.1, 0.15) is 0 Å². The number of hydrogen-bond donors (Lipinski definition) is 1. The minimum absolute atomic E-state index is 0.357. The highest BCUT2D eigenvalue weighted by atomic mass is 15.2. The molecule has 0 radical (unpaired) electrons. The first-order chi connectivity index (χ1) is 8.81. The van der Waals surface area contributed by atoms with E-state index >= 15 is 0 Å². The van der Waals surface area contributed by atoms with E-state index in [0.717, 1.165) is 31.7 Å². The highest BCUT2D eigenvalue weighted by Crippen LogP contribution is 2.14. The Balaban J connectivity index is 1.68. The molecule has 1 fully saturated rings. The van der Waals surface area contributed by atoms with E-state index in [1.165, 1.54) is 5.56 Å². The van der Waals surface area contributed by atoms with Gasteiger partial charge in [0.15, 0.2) is 0 Å². The van der Waals surface area contributed by atoms with Gasteiger partial charge in [-0.05, 0) is 24.1 Å². The van der Waals surface area contributed by atoms with Crippen LogP contribution in [-0.4, -0.2) is 33.6 Å². The molecule has 0 amide bonds. The third-order valence-electron chi connectivity index (χ3n) is 3.45. The molecule has 4 nitrogen and oxygen atoms in total. The Labute approximate surface area is 107 Å². The maximum Gasteiger partial charge on any atom is 0.0991 e. The van der Waals surface area contributed by atoms with E-state index in [9.17, 15) is 0 Å². The van der Waals surface area contributed by atoms with Gasteiger partial charge in [0, 0.05) is 43.8 Å². The van der Waals surface area contributed by atoms with Crippen LogP contribution < -0.4 is 5.73 Å². The van der Waals surface area contributed by atoms with E-state index in [4.69, 9.17) is 5.73 Å². The largest absolute Gasteiger partial charge is 0.326 e. The second-order valence-corrected chi connectivity index (χ2v) is 4.92. The second-order valence-electron chi connectivity index (χ2n) is 4.92. The Morgan fingerprint density at radius 3 is 2.72 bits per heavy atom. The summed E-state index contributed by atoms with van der Waals surface area (Å²) in [5.41, 5.74) is 8.40. The van der Waals surface area contributed by atoms with Crippen LogP contribution in [0, 0.1) is 0 Å². The van der Waals surface area contributed by atoms with Crippen LogP contribution in [0.5, 0.6) is 0 Å². The van der Waals surface area contributed by atoms with Crippen LogP contribution in [0.1, 0.15) is 12.0 Å². The minimum Gasteiger partial charge on any atom is -0.326 e. The van der Waals surface area contributed by atoms with Crippen LogP contribution in [0.25, 0.3) is 5.69 Å². The number of rotatable bonds is 3. The molecule has 1 aromatic carbocycles. The lowest BCUT2D eigenvalue weighted by molar-refractivity contribution is 0.327. The summed E-state index contributed by atoms with van der Waals surface area (Å²) in [4.78, 5) is 6.47. The maximum absolute atomic E-state index is 5.92. The van der Waals surface area contributed by atoms with E-state index in [2.05, 4.69) is 34.1 Å². The topological polar surface area (TPSA) is 47.1 Å². The van der Waals surface area contributed by atoms with Crippen molar-refractivity contribution in [3.63, 3.8) is 0 Å². The summed E-state index contributed by atoms with van der Waals surface area (Å²) in [6, 6.07) is 8.98. The average Bonchev–Trinajstić information content (AvgIpc) is 3.02. The summed E-state index contributed by atoms with van der Waals surface area (Å²) in [6.45, 7) is 3.13. The number of likely N-dealkylation sites (tertiary alicyclic amines) is 1. The number of nitrogens with two attached hydrogens (primary N) is 1. The van der Waals surface area contributed by atoms with Gasteiger partial charge in [0.05, 0.1) is 6.33 Å². The Morgan fingerprint density at radius 2 is 2.11 bits per heavy atom. The first kappa shape index (κ1) is 11.4. The summed E-state index contributed by atoms with van der Waals surface area (Å²) in [5, 5.41) is 0. The fourth-order valence-corrected chi connectivity index (χ4v) is 2.45. The maximum atomic E-state index is 5.92. The summed E-state index contributed by atoms with van der Waals surface area (Å²) in [7, 11) is 0. The molecule has 0 spiro atoms. The lowest BCUT2D eigenvalue weighted by Crippen LogP contribution is -2.26. The smallest absolute Gasteiger partial charge is 0.0991 e. The van der Waals surface area contributed by atoms with E-state index in [-0.39, 0.29) is 0 Å². The molecule has 0 unspecified atom stereocenters. The molecule has 4 heteroatoms. The lowest BCUT2D eigenvalue weighted by Gasteiger charge is -2.15. The Morgan fingerprint density at radius 1 is 1.28 bits per heavy atom. The number of benzene rings is 1. The molecule has 0 bridgehead atoms. The molecule has 1 atom stereocenters. The summed E-state index contributed by atoms with van der Waals surface area (Å²) in [5.74, 6) is 0. The van der Waals surface area contributed by atoms with Crippen molar-refractivity contribution < 1.29 is 0 Å². The predicted octanol–water partition coefficient (Wildman–Crippen LogP) is 1.41. The predicted molar refractivity (Wildman–Crippen MR) is 71.4 cm³/mol. The van der Waals surface area contributed by atoms with Crippen molar-refractivity contribution in [1.82, 2.24) is 14.5 Å². The van der Waals surface area contributed by atoms with Gasteiger partial charge >= 0.3 is 0 Å². The van der Waals surface area contributed by atoms with Gasteiger partial charge in [-0.1, -0.05) is 12.1 Å². The first-order valence-electron chi connectivity index (χ1n) is 6.36. The summed E-state index contributed by atoms with van der Waals surface area (Å²) in [6.07, 6.45) is 6.68. The fraction of sp³-hybridized carbons (Fsp3) is 0.357. The van der Waals surface area contributed by atoms with Crippen LogP contribution in [0.2, 0.25) is 0 Å². The quantitative estimate of drug-likeness (QED) is 0.885. The van der Waals surface area contributed by atoms with Crippen molar-refractivity contribution in [2.45, 2.75) is 19.0 Å². The van der Waals surface area contributed by atoms with Gasteiger partial charge in [0.25, 0.3) is 0 Å². The van der Waals surface area contributed by atoms with Crippen molar-refractivity contribution in [2.24, 2.45) is 5.73 Å². The standard InChI is InChI=1S/C14H18N4/c15-13-5-7-17(10-13)9-12-1-3-14(4-2-12)18-8-6-16-11-18/h1-4,6,8,11,13H,5,7,9-10,15H2/t13-/m1/s1. The SMILES string of the molecule is N[C@@H]1CCN(Cc2ccc(-n3ccnc3)cc2)C1. The number of imidazole rings is 1. The van der Waals surface area contributed by atoms with Crippen molar-refractivity contribution in [3.05, 3.63) is 48.5 Å². The van der Waals surface area contributed by atoms with E-state index in [1.54, 1.807) is 6.20 Å². The van der Waals surface area contributed by atoms with E-state index in [1.807, 2.05) is 17.1 Å². The third-order valence-corrected chi connectivity index (χ3v) is 3.45. The van der Waals surface area contributed by atoms with E-state index < -0.39 is 0 Å². The van der Waals surface area contributed by atoms with Gasteiger partial charge in [-0.25, -0.2) is 4.98 Å². The monoisotopic (exact) mass is 242 g/mol. The molecular formula is C14H18N4. The van der Waals surface area contributed by atoms with Crippen molar-refractivity contribution in [1.29, 1.82) is 0 Å². The van der Waals surface area contributed by atoms with Crippen LogP contribution in [0.4, 0.5) is 0 Å². The first-order valence-corrected chi connectivity index (χ1v) is 6.36. The molecule has 1 saturated heterocycles. The molecule has 1 aliphatic rings. The summed E-state index contributed by atoms with van der Waals surface area (Å²) >= 11 is 0. The number of aromatic nitrogens is 2. The second kappa shape index (κ2) is 4.92. The Kier molecular flexibility index (Phi) is 3.13. The van der Waals surface area contributed by atoms with Gasteiger partial charge < -0.3 is 10.3 Å². The number of nitrogens with zero attached hydrogens (tertiary/aromatic N) is 3. The van der Waals surface area contributed by atoms with Crippen LogP contribution in [0.15, 0.2) is 43.0 Å². The van der Waals surface area contributed by atoms with Crippen molar-refractivity contribution in [3.8, 4) is 5.69 Å². The molecule has 3 rings (SSSR count). The third kappa shape index (κ3) is 2.44. The zero-order valence-corrected chi connectivity index (χ0v) is 10.4. The normalized spacial score (nSPS) is 20.4. The molecule has 2 aromatic rings. The molecule has 94 valence electrons. The fourth-order valence-electron chi connectivity index (χ4n) is 2.45. The van der Waals surface area contributed by atoms with Gasteiger partial charge in [-0.3, -0.25) is 4.90 Å². The minimum atomic E-state index is 0.357. The average molecular weight is 242 g/mol. The van der Waals surface area contributed by atoms with Gasteiger partial charge in [-0.15, -0.1) is 0 Å². The number of hydrogen-bond acceptors (Lipinski definition) is 3. The molecule has 0 aliphatic carbocycles. The van der Waals surface area contributed by atoms with Crippen LogP contribution >= 0.6 is 0 Å². The molecule has 1 aliphatic heterocycles. The highest BCUT2D eigenvalue weighted by Gasteiger charge is 2.18. The van der Waals surface area contributed by atoms with Crippen molar-refractivity contribution >= 4 is 0 Å². The lowest BCUT2D eigenvalue weighted by atomic mass is 10.2. The zero-order chi connectivity index (χ0) is 12.4. The molecule has 2 heterocycles. The van der Waals surface area contributed by atoms with Crippen LogP contribution in [0.3, 0.4) is 0 Å². The van der Waals surface area contributed by atoms with E-state index in [0.29, 0.717) is 6.04 Å². The molecule has 1 aromatic heterocycles.